The van der Waals surface area contributed by atoms with Crippen LogP contribution in [0.1, 0.15) is 39.0 Å². The van der Waals surface area contributed by atoms with Crippen molar-refractivity contribution >= 4 is 5.97 Å². The molecule has 0 radical (unpaired) electrons. The minimum absolute atomic E-state index is 0.155. The molecule has 102 valence electrons. The summed E-state index contributed by atoms with van der Waals surface area (Å²) in [6.45, 7) is 2.22. The van der Waals surface area contributed by atoms with Gasteiger partial charge in [0.2, 0.25) is 0 Å². The molecule has 3 fully saturated rings. The van der Waals surface area contributed by atoms with Gasteiger partial charge in [-0.05, 0) is 48.3 Å². The van der Waals surface area contributed by atoms with Crippen LogP contribution in [0.4, 0.5) is 0 Å². The Morgan fingerprint density at radius 1 is 1.39 bits per heavy atom. The third-order valence-corrected chi connectivity index (χ3v) is 5.34. The third kappa shape index (κ3) is 2.10. The number of rotatable bonds is 2. The van der Waals surface area contributed by atoms with Crippen molar-refractivity contribution in [1.82, 2.24) is 0 Å². The number of fused-ring (bicyclic) bond motifs is 1. The number of aliphatic carboxylic acids is 1. The van der Waals surface area contributed by atoms with Crippen LogP contribution in [0.5, 0.6) is 0 Å². The van der Waals surface area contributed by atoms with Crippen molar-refractivity contribution in [2.75, 3.05) is 7.05 Å². The molecule has 2 unspecified atom stereocenters. The van der Waals surface area contributed by atoms with Gasteiger partial charge in [0, 0.05) is 4.92 Å². The normalized spacial score (nSPS) is 43.4. The number of hydrogen-bond donors (Lipinski definition) is 1. The lowest BCUT2D eigenvalue weighted by molar-refractivity contribution is -0.445. The van der Waals surface area contributed by atoms with Gasteiger partial charge < -0.3 is 5.11 Å². The summed E-state index contributed by atoms with van der Waals surface area (Å²) in [5.41, 5.74) is 0.155. The Morgan fingerprint density at radius 3 is 2.56 bits per heavy atom. The lowest BCUT2D eigenvalue weighted by atomic mass is 9.46. The minimum Gasteiger partial charge on any atom is -0.481 e. The van der Waals surface area contributed by atoms with Crippen LogP contribution >= 0.6 is 0 Å². The molecule has 0 aliphatic heterocycles. The molecule has 0 aromatic carbocycles. The lowest BCUT2D eigenvalue weighted by Gasteiger charge is -2.58. The van der Waals surface area contributed by atoms with Gasteiger partial charge in [-0.2, -0.15) is 0 Å². The quantitative estimate of drug-likeness (QED) is 0.607. The zero-order valence-corrected chi connectivity index (χ0v) is 11.0. The molecule has 0 saturated heterocycles. The van der Waals surface area contributed by atoms with Crippen LogP contribution < -0.4 is 0 Å². The van der Waals surface area contributed by atoms with E-state index in [1.54, 1.807) is 0 Å². The monoisotopic (exact) mass is 255 g/mol. The van der Waals surface area contributed by atoms with Crippen molar-refractivity contribution in [3.8, 4) is 0 Å². The van der Waals surface area contributed by atoms with E-state index >= 15 is 0 Å². The Labute approximate surface area is 107 Å². The summed E-state index contributed by atoms with van der Waals surface area (Å²) in [6, 6.07) is 0. The number of nitro groups is 1. The first kappa shape index (κ1) is 13.3. The van der Waals surface area contributed by atoms with Gasteiger partial charge in [-0.25, -0.2) is 0 Å². The highest BCUT2D eigenvalue weighted by Gasteiger charge is 2.64. The molecular formula is C13H21NO4. The van der Waals surface area contributed by atoms with Crippen molar-refractivity contribution in [2.24, 2.45) is 29.1 Å². The van der Waals surface area contributed by atoms with Crippen molar-refractivity contribution in [3.63, 3.8) is 0 Å². The highest BCUT2D eigenvalue weighted by atomic mass is 16.6. The fraction of sp³-hybridized carbons (Fsp3) is 0.923. The van der Waals surface area contributed by atoms with E-state index in [2.05, 4.69) is 6.92 Å². The van der Waals surface area contributed by atoms with Crippen molar-refractivity contribution in [2.45, 2.75) is 39.0 Å². The molecule has 5 atom stereocenters. The standard InChI is InChI=1S/C12H18O2.CH3NO2/c1-12(6-11(13)14)9-3-2-7-4-8(9)10(12)5-7;1-2(3)4/h7-10H,2-6H2,1H3,(H,13,14);1H3/t7?,8-,9?,10-,12+;/m1./s1. The SMILES string of the molecule is C[C@]1(CC(=O)O)C2CCC3C[C@H]2[C@H]1C3.C[N+](=O)[O-]. The van der Waals surface area contributed by atoms with Crippen LogP contribution in [0.25, 0.3) is 0 Å². The molecule has 2 bridgehead atoms. The summed E-state index contributed by atoms with van der Waals surface area (Å²) in [5, 5.41) is 17.8. The van der Waals surface area contributed by atoms with E-state index in [9.17, 15) is 4.79 Å². The summed E-state index contributed by atoms with van der Waals surface area (Å²) < 4.78 is 0. The molecule has 0 amide bonds. The Kier molecular flexibility index (Phi) is 3.34. The maximum atomic E-state index is 10.9. The maximum absolute atomic E-state index is 10.9. The molecule has 5 nitrogen and oxygen atoms in total. The van der Waals surface area contributed by atoms with Crippen molar-refractivity contribution in [3.05, 3.63) is 10.1 Å². The van der Waals surface area contributed by atoms with Crippen LogP contribution in [0.15, 0.2) is 0 Å². The highest BCUT2D eigenvalue weighted by Crippen LogP contribution is 2.70. The summed E-state index contributed by atoms with van der Waals surface area (Å²) in [5.74, 6) is 2.73. The van der Waals surface area contributed by atoms with Crippen LogP contribution in [0.2, 0.25) is 0 Å². The van der Waals surface area contributed by atoms with Crippen molar-refractivity contribution < 1.29 is 14.8 Å². The van der Waals surface area contributed by atoms with Gasteiger partial charge in [-0.15, -0.1) is 0 Å². The predicted molar refractivity (Wildman–Crippen MR) is 65.7 cm³/mol. The first-order valence-electron chi connectivity index (χ1n) is 6.64. The zero-order chi connectivity index (χ0) is 13.5. The van der Waals surface area contributed by atoms with Gasteiger partial charge in [0.25, 0.3) is 0 Å². The summed E-state index contributed by atoms with van der Waals surface area (Å²) in [7, 11) is 0.889. The summed E-state index contributed by atoms with van der Waals surface area (Å²) in [6.07, 6.45) is 5.81. The van der Waals surface area contributed by atoms with Crippen LogP contribution in [0.3, 0.4) is 0 Å². The van der Waals surface area contributed by atoms with Gasteiger partial charge in [0.15, 0.2) is 7.05 Å². The van der Waals surface area contributed by atoms with Crippen LogP contribution in [-0.4, -0.2) is 23.0 Å². The second-order valence-electron chi connectivity index (χ2n) is 6.31. The molecular weight excluding hydrogens is 234 g/mol. The minimum atomic E-state index is -0.596. The number of carboxylic acid groups (broad SMARTS) is 1. The van der Waals surface area contributed by atoms with Gasteiger partial charge in [0.1, 0.15) is 0 Å². The van der Waals surface area contributed by atoms with Crippen molar-refractivity contribution in [1.29, 1.82) is 0 Å². The fourth-order valence-corrected chi connectivity index (χ4v) is 4.81. The van der Waals surface area contributed by atoms with E-state index in [0.29, 0.717) is 6.42 Å². The lowest BCUT2D eigenvalue weighted by Crippen LogP contribution is -2.53. The zero-order valence-electron chi connectivity index (χ0n) is 11.0. The highest BCUT2D eigenvalue weighted by molar-refractivity contribution is 5.68. The van der Waals surface area contributed by atoms with E-state index in [1.165, 1.54) is 25.7 Å². The van der Waals surface area contributed by atoms with E-state index in [4.69, 9.17) is 15.2 Å². The Balaban J connectivity index is 0.000000267. The van der Waals surface area contributed by atoms with Crippen LogP contribution in [0, 0.1) is 39.2 Å². The average molecular weight is 255 g/mol. The average Bonchev–Trinajstić information content (AvgIpc) is 2.43. The Hall–Kier alpha value is -1.13. The van der Waals surface area contributed by atoms with E-state index in [0.717, 1.165) is 30.7 Å². The third-order valence-electron chi connectivity index (χ3n) is 5.34. The smallest absolute Gasteiger partial charge is 0.303 e. The Bertz CT molecular complexity index is 358. The fourth-order valence-electron chi connectivity index (χ4n) is 4.81. The number of carbonyl (C=O) groups is 1. The number of carboxylic acids is 1. The molecule has 3 aliphatic carbocycles. The van der Waals surface area contributed by atoms with E-state index in [1.807, 2.05) is 0 Å². The number of nitrogens with zero attached hydrogens (tertiary/aromatic N) is 1. The molecule has 18 heavy (non-hydrogen) atoms. The maximum Gasteiger partial charge on any atom is 0.303 e. The summed E-state index contributed by atoms with van der Waals surface area (Å²) in [4.78, 5) is 19.2. The topological polar surface area (TPSA) is 80.4 Å². The molecule has 3 rings (SSSR count). The summed E-state index contributed by atoms with van der Waals surface area (Å²) >= 11 is 0. The van der Waals surface area contributed by atoms with Crippen LogP contribution in [-0.2, 0) is 4.79 Å². The largest absolute Gasteiger partial charge is 0.481 e. The molecule has 0 heterocycles. The second kappa shape index (κ2) is 4.52. The Morgan fingerprint density at radius 2 is 2.00 bits per heavy atom. The van der Waals surface area contributed by atoms with E-state index in [-0.39, 0.29) is 5.41 Å². The van der Waals surface area contributed by atoms with Gasteiger partial charge in [-0.3, -0.25) is 14.9 Å². The molecule has 0 spiro atoms. The van der Waals surface area contributed by atoms with Gasteiger partial charge in [-0.1, -0.05) is 13.3 Å². The first-order chi connectivity index (χ1) is 8.34. The van der Waals surface area contributed by atoms with Gasteiger partial charge in [0.05, 0.1) is 6.42 Å². The molecule has 0 aromatic heterocycles. The molecule has 0 aromatic rings. The predicted octanol–water partition coefficient (Wildman–Crippen LogP) is 2.43. The van der Waals surface area contributed by atoms with E-state index < -0.39 is 10.9 Å². The number of hydrogen-bond acceptors (Lipinski definition) is 3. The first-order valence-corrected chi connectivity index (χ1v) is 6.64. The molecule has 3 saturated carbocycles. The second-order valence-corrected chi connectivity index (χ2v) is 6.31. The molecule has 3 aliphatic rings. The van der Waals surface area contributed by atoms with Gasteiger partial charge >= 0.3 is 5.97 Å². The molecule has 1 N–H and O–H groups in total. The molecule has 5 heteroatoms.